The molecule has 1 aliphatic rings. The van der Waals surface area contributed by atoms with Crippen LogP contribution in [0.2, 0.25) is 0 Å². The molecule has 1 N–H and O–H groups in total. The highest BCUT2D eigenvalue weighted by Crippen LogP contribution is 2.36. The molecule has 3 heteroatoms. The summed E-state index contributed by atoms with van der Waals surface area (Å²) in [6.07, 6.45) is 0.378. The molecule has 1 unspecified atom stereocenters. The Bertz CT molecular complexity index is 474. The number of carbonyl (C=O) groups is 2. The van der Waals surface area contributed by atoms with Crippen molar-refractivity contribution in [2.45, 2.75) is 38.5 Å². The fourth-order valence-electron chi connectivity index (χ4n) is 2.37. The van der Waals surface area contributed by atoms with E-state index in [1.807, 2.05) is 18.2 Å². The Balaban J connectivity index is 2.37. The minimum absolute atomic E-state index is 0.0414. The smallest absolute Gasteiger partial charge is 0.303 e. The van der Waals surface area contributed by atoms with Crippen molar-refractivity contribution in [3.8, 4) is 0 Å². The maximum Gasteiger partial charge on any atom is 0.303 e. The molecule has 1 atom stereocenters. The third-order valence-corrected chi connectivity index (χ3v) is 3.34. The van der Waals surface area contributed by atoms with Crippen LogP contribution in [0.3, 0.4) is 0 Å². The van der Waals surface area contributed by atoms with Crippen LogP contribution in [-0.4, -0.2) is 16.9 Å². The highest BCUT2D eigenvalue weighted by Gasteiger charge is 2.30. The quantitative estimate of drug-likeness (QED) is 0.871. The third-order valence-electron chi connectivity index (χ3n) is 3.34. The lowest BCUT2D eigenvalue weighted by molar-refractivity contribution is -0.137. The van der Waals surface area contributed by atoms with Crippen molar-refractivity contribution in [3.05, 3.63) is 34.9 Å². The average Bonchev–Trinajstić information content (AvgIpc) is 2.54. The molecule has 0 spiro atoms. The summed E-state index contributed by atoms with van der Waals surface area (Å²) in [6.45, 7) is 4.16. The highest BCUT2D eigenvalue weighted by molar-refractivity contribution is 6.02. The van der Waals surface area contributed by atoms with E-state index in [-0.39, 0.29) is 18.1 Å². The van der Waals surface area contributed by atoms with E-state index in [1.165, 1.54) is 0 Å². The standard InChI is InChI=1S/C14H16O3/c1-8(2)9-3-4-11-10(7-14(16)17)6-13(15)12(11)5-9/h3-5,8,10H,6-7H2,1-2H3,(H,16,17). The maximum atomic E-state index is 11.8. The van der Waals surface area contributed by atoms with E-state index in [0.29, 0.717) is 12.3 Å². The Morgan fingerprint density at radius 3 is 2.76 bits per heavy atom. The number of carboxylic acid groups (broad SMARTS) is 1. The van der Waals surface area contributed by atoms with Gasteiger partial charge < -0.3 is 5.11 Å². The summed E-state index contributed by atoms with van der Waals surface area (Å²) in [4.78, 5) is 22.6. The Morgan fingerprint density at radius 2 is 2.18 bits per heavy atom. The van der Waals surface area contributed by atoms with Gasteiger partial charge in [-0.25, -0.2) is 0 Å². The summed E-state index contributed by atoms with van der Waals surface area (Å²) >= 11 is 0. The summed E-state index contributed by atoms with van der Waals surface area (Å²) in [5.74, 6) is -0.528. The maximum absolute atomic E-state index is 11.8. The number of Topliss-reactive ketones (excluding diaryl/α,β-unsaturated/α-hetero) is 1. The molecule has 1 aromatic rings. The molecule has 0 aromatic heterocycles. The van der Waals surface area contributed by atoms with Crippen LogP contribution in [0.15, 0.2) is 18.2 Å². The van der Waals surface area contributed by atoms with Crippen molar-refractivity contribution < 1.29 is 14.7 Å². The van der Waals surface area contributed by atoms with Crippen LogP contribution in [0.25, 0.3) is 0 Å². The van der Waals surface area contributed by atoms with Crippen LogP contribution in [-0.2, 0) is 4.79 Å². The lowest BCUT2D eigenvalue weighted by Gasteiger charge is -2.10. The van der Waals surface area contributed by atoms with Crippen LogP contribution in [0.5, 0.6) is 0 Å². The molecule has 90 valence electrons. The summed E-state index contributed by atoms with van der Waals surface area (Å²) in [7, 11) is 0. The first-order chi connectivity index (χ1) is 7.99. The molecule has 0 amide bonds. The normalized spacial score (nSPS) is 18.5. The van der Waals surface area contributed by atoms with Crippen molar-refractivity contribution in [1.82, 2.24) is 0 Å². The number of hydrogen-bond acceptors (Lipinski definition) is 2. The largest absolute Gasteiger partial charge is 0.481 e. The van der Waals surface area contributed by atoms with Crippen LogP contribution in [0.4, 0.5) is 0 Å². The van der Waals surface area contributed by atoms with Crippen molar-refractivity contribution in [2.75, 3.05) is 0 Å². The first-order valence-corrected chi connectivity index (χ1v) is 5.88. The minimum atomic E-state index is -0.844. The molecule has 3 nitrogen and oxygen atoms in total. The molecule has 17 heavy (non-hydrogen) atoms. The topological polar surface area (TPSA) is 54.4 Å². The van der Waals surface area contributed by atoms with Crippen molar-refractivity contribution in [3.63, 3.8) is 0 Å². The molecule has 0 fully saturated rings. The monoisotopic (exact) mass is 232 g/mol. The van der Waals surface area contributed by atoms with E-state index < -0.39 is 5.97 Å². The van der Waals surface area contributed by atoms with E-state index in [4.69, 9.17) is 5.11 Å². The molecule has 0 saturated carbocycles. The van der Waals surface area contributed by atoms with E-state index in [9.17, 15) is 9.59 Å². The fraction of sp³-hybridized carbons (Fsp3) is 0.429. The van der Waals surface area contributed by atoms with Crippen LogP contribution >= 0.6 is 0 Å². The van der Waals surface area contributed by atoms with Crippen molar-refractivity contribution in [1.29, 1.82) is 0 Å². The van der Waals surface area contributed by atoms with Gasteiger partial charge in [0, 0.05) is 17.9 Å². The zero-order valence-corrected chi connectivity index (χ0v) is 10.1. The SMILES string of the molecule is CC(C)c1ccc2c(c1)C(=O)CC2CC(=O)O. The first-order valence-electron chi connectivity index (χ1n) is 5.88. The molecule has 0 aliphatic heterocycles. The fourth-order valence-corrected chi connectivity index (χ4v) is 2.37. The van der Waals surface area contributed by atoms with Gasteiger partial charge in [-0.2, -0.15) is 0 Å². The Hall–Kier alpha value is -1.64. The van der Waals surface area contributed by atoms with Gasteiger partial charge in [-0.05, 0) is 23.1 Å². The second kappa shape index (κ2) is 4.32. The number of rotatable bonds is 3. The van der Waals surface area contributed by atoms with Gasteiger partial charge in [0.15, 0.2) is 5.78 Å². The van der Waals surface area contributed by atoms with Crippen LogP contribution in [0.1, 0.15) is 60.0 Å². The van der Waals surface area contributed by atoms with E-state index >= 15 is 0 Å². The Kier molecular flexibility index (Phi) is 3.01. The highest BCUT2D eigenvalue weighted by atomic mass is 16.4. The molecule has 1 aromatic carbocycles. The second-order valence-corrected chi connectivity index (χ2v) is 4.92. The summed E-state index contributed by atoms with van der Waals surface area (Å²) in [5.41, 5.74) is 2.76. The van der Waals surface area contributed by atoms with Crippen molar-refractivity contribution in [2.24, 2.45) is 0 Å². The number of aliphatic carboxylic acids is 1. The molecule has 0 bridgehead atoms. The summed E-state index contributed by atoms with van der Waals surface area (Å²) < 4.78 is 0. The lowest BCUT2D eigenvalue weighted by Crippen LogP contribution is -2.03. The van der Waals surface area contributed by atoms with Gasteiger partial charge >= 0.3 is 5.97 Å². The van der Waals surface area contributed by atoms with Gasteiger partial charge in [0.1, 0.15) is 0 Å². The van der Waals surface area contributed by atoms with Crippen molar-refractivity contribution >= 4 is 11.8 Å². The van der Waals surface area contributed by atoms with E-state index in [1.54, 1.807) is 0 Å². The van der Waals surface area contributed by atoms with Gasteiger partial charge in [0.2, 0.25) is 0 Å². The molecular formula is C14H16O3. The average molecular weight is 232 g/mol. The molecule has 0 saturated heterocycles. The number of hydrogen-bond donors (Lipinski definition) is 1. The number of fused-ring (bicyclic) bond motifs is 1. The minimum Gasteiger partial charge on any atom is -0.481 e. The first kappa shape index (κ1) is 11.8. The van der Waals surface area contributed by atoms with Gasteiger partial charge in [-0.1, -0.05) is 26.0 Å². The number of ketones is 1. The van der Waals surface area contributed by atoms with Gasteiger partial charge in [-0.15, -0.1) is 0 Å². The predicted octanol–water partition coefficient (Wildman–Crippen LogP) is 2.95. The number of carbonyl (C=O) groups excluding carboxylic acids is 1. The van der Waals surface area contributed by atoms with E-state index in [0.717, 1.165) is 16.7 Å². The molecule has 0 heterocycles. The third kappa shape index (κ3) is 2.23. The summed E-state index contributed by atoms with van der Waals surface area (Å²) in [5, 5.41) is 8.82. The molecule has 1 aliphatic carbocycles. The number of benzene rings is 1. The number of carboxylic acids is 1. The predicted molar refractivity (Wildman–Crippen MR) is 64.5 cm³/mol. The van der Waals surface area contributed by atoms with E-state index in [2.05, 4.69) is 13.8 Å². The Morgan fingerprint density at radius 1 is 1.47 bits per heavy atom. The second-order valence-electron chi connectivity index (χ2n) is 4.92. The zero-order valence-electron chi connectivity index (χ0n) is 10.1. The summed E-state index contributed by atoms with van der Waals surface area (Å²) in [6, 6.07) is 5.84. The van der Waals surface area contributed by atoms with Crippen LogP contribution < -0.4 is 0 Å². The molecule has 0 radical (unpaired) electrons. The lowest BCUT2D eigenvalue weighted by atomic mass is 9.94. The van der Waals surface area contributed by atoms with Gasteiger partial charge in [-0.3, -0.25) is 9.59 Å². The van der Waals surface area contributed by atoms with Crippen LogP contribution in [0, 0.1) is 0 Å². The Labute approximate surface area is 100 Å². The molecule has 2 rings (SSSR count). The molecular weight excluding hydrogens is 216 g/mol. The van der Waals surface area contributed by atoms with Gasteiger partial charge in [0.25, 0.3) is 0 Å². The van der Waals surface area contributed by atoms with Gasteiger partial charge in [0.05, 0.1) is 6.42 Å². The zero-order chi connectivity index (χ0) is 12.6.